The van der Waals surface area contributed by atoms with E-state index in [9.17, 15) is 4.79 Å². The van der Waals surface area contributed by atoms with Gasteiger partial charge in [0.05, 0.1) is 10.3 Å². The Morgan fingerprint density at radius 2 is 1.87 bits per heavy atom. The highest BCUT2D eigenvalue weighted by atomic mass is 32.1. The van der Waals surface area contributed by atoms with Crippen LogP contribution in [0.15, 0.2) is 53.2 Å². The average molecular weight is 435 g/mol. The summed E-state index contributed by atoms with van der Waals surface area (Å²) >= 11 is 3.33. The number of nitrogens with one attached hydrogen (secondary N) is 1. The van der Waals surface area contributed by atoms with Crippen molar-refractivity contribution in [2.24, 2.45) is 5.92 Å². The molecule has 152 valence electrons. The van der Waals surface area contributed by atoms with Crippen molar-refractivity contribution < 1.29 is 4.79 Å². The summed E-state index contributed by atoms with van der Waals surface area (Å²) < 4.78 is 0. The number of carbonyl (C=O) groups excluding carboxylic acids is 1. The van der Waals surface area contributed by atoms with Crippen molar-refractivity contribution in [3.8, 4) is 21.8 Å². The Bertz CT molecular complexity index is 1160. The molecule has 1 aromatic carbocycles. The van der Waals surface area contributed by atoms with Gasteiger partial charge in [-0.3, -0.25) is 4.79 Å². The lowest BCUT2D eigenvalue weighted by Crippen LogP contribution is -2.40. The summed E-state index contributed by atoms with van der Waals surface area (Å²) in [7, 11) is 1.72. The minimum atomic E-state index is 0.0800. The molecule has 30 heavy (non-hydrogen) atoms. The highest BCUT2D eigenvalue weighted by molar-refractivity contribution is 7.17. The lowest BCUT2D eigenvalue weighted by molar-refractivity contribution is -0.125. The molecule has 0 aliphatic carbocycles. The summed E-state index contributed by atoms with van der Waals surface area (Å²) in [5.41, 5.74) is 2.36. The molecule has 4 aromatic rings. The number of rotatable bonds is 4. The normalized spacial score (nSPS) is 14.9. The molecule has 0 saturated carbocycles. The van der Waals surface area contributed by atoms with E-state index in [1.54, 1.807) is 29.7 Å². The Balaban J connectivity index is 1.61. The van der Waals surface area contributed by atoms with E-state index in [-0.39, 0.29) is 11.8 Å². The van der Waals surface area contributed by atoms with Crippen molar-refractivity contribution >= 4 is 44.6 Å². The van der Waals surface area contributed by atoms with Gasteiger partial charge in [-0.2, -0.15) is 0 Å². The zero-order chi connectivity index (χ0) is 20.5. The Morgan fingerprint density at radius 3 is 2.57 bits per heavy atom. The predicted molar refractivity (Wildman–Crippen MR) is 125 cm³/mol. The predicted octanol–water partition coefficient (Wildman–Crippen LogP) is 5.05. The third-order valence-electron chi connectivity index (χ3n) is 5.65. The van der Waals surface area contributed by atoms with Crippen LogP contribution in [0.3, 0.4) is 0 Å². The lowest BCUT2D eigenvalue weighted by Gasteiger charge is -2.32. The van der Waals surface area contributed by atoms with Crippen LogP contribution in [-0.2, 0) is 4.79 Å². The number of hydrogen-bond acceptors (Lipinski definition) is 6. The maximum atomic E-state index is 12.1. The van der Waals surface area contributed by atoms with Gasteiger partial charge in [0.25, 0.3) is 0 Å². The van der Waals surface area contributed by atoms with Crippen LogP contribution < -0.4 is 10.2 Å². The van der Waals surface area contributed by atoms with Gasteiger partial charge in [0.1, 0.15) is 10.6 Å². The molecule has 0 unspecified atom stereocenters. The van der Waals surface area contributed by atoms with E-state index in [2.05, 4.69) is 51.3 Å². The van der Waals surface area contributed by atoms with Gasteiger partial charge >= 0.3 is 0 Å². The summed E-state index contributed by atoms with van der Waals surface area (Å²) in [5, 5.41) is 8.15. The Kier molecular flexibility index (Phi) is 5.23. The first kappa shape index (κ1) is 19.2. The molecule has 1 aliphatic heterocycles. The molecular formula is C23H22N4OS2. The van der Waals surface area contributed by atoms with Crippen LogP contribution in [0.2, 0.25) is 0 Å². The molecule has 4 heterocycles. The first-order chi connectivity index (χ1) is 14.7. The van der Waals surface area contributed by atoms with Crippen molar-refractivity contribution in [3.63, 3.8) is 0 Å². The largest absolute Gasteiger partial charge is 0.359 e. The number of aromatic nitrogens is 2. The number of anilines is 1. The SMILES string of the molecule is CNC(=O)C1CCN(c2nc(-c3cccs3)nc3scc(-c4ccccc4)c23)CC1. The van der Waals surface area contributed by atoms with Gasteiger partial charge in [0, 0.05) is 37.0 Å². The zero-order valence-electron chi connectivity index (χ0n) is 16.7. The fourth-order valence-corrected chi connectivity index (χ4v) is 5.66. The third-order valence-corrected chi connectivity index (χ3v) is 7.39. The van der Waals surface area contributed by atoms with Crippen molar-refractivity contribution in [1.82, 2.24) is 15.3 Å². The average Bonchev–Trinajstić information content (AvgIpc) is 3.49. The van der Waals surface area contributed by atoms with E-state index < -0.39 is 0 Å². The van der Waals surface area contributed by atoms with E-state index >= 15 is 0 Å². The molecule has 1 N–H and O–H groups in total. The van der Waals surface area contributed by atoms with Crippen molar-refractivity contribution in [3.05, 3.63) is 53.2 Å². The van der Waals surface area contributed by atoms with E-state index in [4.69, 9.17) is 9.97 Å². The topological polar surface area (TPSA) is 58.1 Å². The number of nitrogens with zero attached hydrogens (tertiary/aromatic N) is 3. The Hall–Kier alpha value is -2.77. The molecule has 5 nitrogen and oxygen atoms in total. The molecule has 7 heteroatoms. The standard InChI is InChI=1S/C23H22N4OS2/c1-24-22(28)16-9-11-27(12-10-16)21-19-17(15-6-3-2-4-7-15)14-30-23(19)26-20(25-21)18-8-5-13-29-18/h2-8,13-14,16H,9-12H2,1H3,(H,24,28). The van der Waals surface area contributed by atoms with Crippen LogP contribution in [0.4, 0.5) is 5.82 Å². The van der Waals surface area contributed by atoms with Gasteiger partial charge in [-0.15, -0.1) is 22.7 Å². The fraction of sp³-hybridized carbons (Fsp3) is 0.261. The van der Waals surface area contributed by atoms with Crippen molar-refractivity contribution in [2.45, 2.75) is 12.8 Å². The number of amides is 1. The van der Waals surface area contributed by atoms with Gasteiger partial charge in [-0.1, -0.05) is 36.4 Å². The molecule has 0 bridgehead atoms. The number of benzene rings is 1. The fourth-order valence-electron chi connectivity index (χ4n) is 4.06. The first-order valence-corrected chi connectivity index (χ1v) is 11.9. The molecule has 1 fully saturated rings. The number of thiophene rings is 2. The van der Waals surface area contributed by atoms with E-state index in [0.717, 1.165) is 52.7 Å². The number of fused-ring (bicyclic) bond motifs is 1. The highest BCUT2D eigenvalue weighted by Gasteiger charge is 2.27. The molecular weight excluding hydrogens is 412 g/mol. The second kappa shape index (κ2) is 8.16. The van der Waals surface area contributed by atoms with Crippen molar-refractivity contribution in [2.75, 3.05) is 25.0 Å². The maximum absolute atomic E-state index is 12.1. The number of piperidine rings is 1. The van der Waals surface area contributed by atoms with Gasteiger partial charge in [-0.25, -0.2) is 9.97 Å². The molecule has 3 aromatic heterocycles. The quantitative estimate of drug-likeness (QED) is 0.488. The van der Waals surface area contributed by atoms with Crippen LogP contribution in [0.1, 0.15) is 12.8 Å². The minimum Gasteiger partial charge on any atom is -0.359 e. The van der Waals surface area contributed by atoms with Gasteiger partial charge in [-0.05, 0) is 29.9 Å². The summed E-state index contributed by atoms with van der Waals surface area (Å²) in [6, 6.07) is 14.5. The number of carbonyl (C=O) groups is 1. The summed E-state index contributed by atoms with van der Waals surface area (Å²) in [6.07, 6.45) is 1.68. The lowest BCUT2D eigenvalue weighted by atomic mass is 9.95. The van der Waals surface area contributed by atoms with Crippen LogP contribution >= 0.6 is 22.7 Å². The minimum absolute atomic E-state index is 0.0800. The van der Waals surface area contributed by atoms with Crippen LogP contribution in [-0.4, -0.2) is 36.0 Å². The summed E-state index contributed by atoms with van der Waals surface area (Å²) in [6.45, 7) is 1.64. The van der Waals surface area contributed by atoms with E-state index in [1.165, 1.54) is 11.1 Å². The van der Waals surface area contributed by atoms with Crippen LogP contribution in [0.5, 0.6) is 0 Å². The second-order valence-corrected chi connectivity index (χ2v) is 9.23. The molecule has 5 rings (SSSR count). The molecule has 0 atom stereocenters. The molecule has 1 saturated heterocycles. The van der Waals surface area contributed by atoms with E-state index in [0.29, 0.717) is 0 Å². The second-order valence-electron chi connectivity index (χ2n) is 7.42. The Morgan fingerprint density at radius 1 is 1.07 bits per heavy atom. The zero-order valence-corrected chi connectivity index (χ0v) is 18.3. The Labute approximate surface area is 183 Å². The van der Waals surface area contributed by atoms with Gasteiger partial charge in [0.2, 0.25) is 5.91 Å². The number of hydrogen-bond donors (Lipinski definition) is 1. The van der Waals surface area contributed by atoms with Crippen LogP contribution in [0.25, 0.3) is 32.0 Å². The molecule has 1 aliphatic rings. The third kappa shape index (κ3) is 3.48. The monoisotopic (exact) mass is 434 g/mol. The maximum Gasteiger partial charge on any atom is 0.222 e. The highest BCUT2D eigenvalue weighted by Crippen LogP contribution is 2.40. The first-order valence-electron chi connectivity index (χ1n) is 10.1. The van der Waals surface area contributed by atoms with Crippen LogP contribution in [0, 0.1) is 5.92 Å². The molecule has 1 amide bonds. The summed E-state index contributed by atoms with van der Waals surface area (Å²) in [5.74, 6) is 1.99. The smallest absolute Gasteiger partial charge is 0.222 e. The summed E-state index contributed by atoms with van der Waals surface area (Å²) in [4.78, 5) is 26.4. The van der Waals surface area contributed by atoms with Gasteiger partial charge in [0.15, 0.2) is 5.82 Å². The molecule has 0 radical (unpaired) electrons. The van der Waals surface area contributed by atoms with E-state index in [1.807, 2.05) is 12.1 Å². The van der Waals surface area contributed by atoms with Crippen molar-refractivity contribution in [1.29, 1.82) is 0 Å². The molecule has 0 spiro atoms. The van der Waals surface area contributed by atoms with Gasteiger partial charge < -0.3 is 10.2 Å².